The number of aromatic nitrogens is 4. The first-order valence-electron chi connectivity index (χ1n) is 14.0. The van der Waals surface area contributed by atoms with E-state index in [1.807, 2.05) is 54.9 Å². The van der Waals surface area contributed by atoms with Crippen LogP contribution in [0.4, 0.5) is 34.8 Å². The van der Waals surface area contributed by atoms with Crippen molar-refractivity contribution in [2.75, 3.05) is 60.7 Å². The smallest absolute Gasteiger partial charge is 0.229 e. The fourth-order valence-electron chi connectivity index (χ4n) is 5.56. The van der Waals surface area contributed by atoms with Gasteiger partial charge in [-0.2, -0.15) is 4.98 Å². The van der Waals surface area contributed by atoms with E-state index in [1.165, 1.54) is 37.8 Å². The van der Waals surface area contributed by atoms with Crippen LogP contribution in [0.1, 0.15) is 32.1 Å². The van der Waals surface area contributed by atoms with Crippen molar-refractivity contribution < 1.29 is 0 Å². The molecular weight excluding hydrogens is 486 g/mol. The Kier molecular flexibility index (Phi) is 7.40. The Morgan fingerprint density at radius 1 is 0.769 bits per heavy atom. The first kappa shape index (κ1) is 25.3. The first-order valence-corrected chi connectivity index (χ1v) is 14.0. The molecule has 0 spiro atoms. The topological polar surface area (TPSA) is 85.3 Å². The Balaban J connectivity index is 1.23. The maximum atomic E-state index is 4.97. The Hall–Kier alpha value is -3.98. The van der Waals surface area contributed by atoms with Gasteiger partial charge in [-0.15, -0.1) is 0 Å². The van der Waals surface area contributed by atoms with E-state index in [2.05, 4.69) is 50.5 Å². The molecule has 1 aromatic carbocycles. The van der Waals surface area contributed by atoms with E-state index < -0.39 is 0 Å². The molecule has 0 unspecified atom stereocenters. The molecule has 5 heterocycles. The van der Waals surface area contributed by atoms with E-state index in [-0.39, 0.29) is 0 Å². The fraction of sp³-hybridized carbons (Fsp3) is 0.400. The van der Waals surface area contributed by atoms with Gasteiger partial charge in [0.25, 0.3) is 0 Å². The molecular formula is C30H37N9. The van der Waals surface area contributed by atoms with E-state index in [9.17, 15) is 0 Å². The highest BCUT2D eigenvalue weighted by atomic mass is 15.2. The van der Waals surface area contributed by atoms with Crippen molar-refractivity contribution in [3.8, 4) is 0 Å². The highest BCUT2D eigenvalue weighted by Crippen LogP contribution is 2.31. The van der Waals surface area contributed by atoms with Crippen LogP contribution in [0.15, 0.2) is 60.9 Å². The van der Waals surface area contributed by atoms with E-state index >= 15 is 0 Å². The van der Waals surface area contributed by atoms with Crippen LogP contribution in [0, 0.1) is 0 Å². The van der Waals surface area contributed by atoms with Crippen molar-refractivity contribution in [1.29, 1.82) is 0 Å². The van der Waals surface area contributed by atoms with Crippen molar-refractivity contribution >= 4 is 45.7 Å². The summed E-state index contributed by atoms with van der Waals surface area (Å²) < 4.78 is 0. The van der Waals surface area contributed by atoms with E-state index in [0.29, 0.717) is 12.0 Å². The van der Waals surface area contributed by atoms with Gasteiger partial charge >= 0.3 is 0 Å². The molecule has 0 saturated carbocycles. The number of pyridine rings is 2. The van der Waals surface area contributed by atoms with Crippen LogP contribution in [0.2, 0.25) is 0 Å². The number of benzene rings is 1. The number of nitrogens with zero attached hydrogens (tertiary/aromatic N) is 7. The molecule has 6 rings (SSSR count). The number of anilines is 6. The van der Waals surface area contributed by atoms with Gasteiger partial charge in [0, 0.05) is 43.3 Å². The number of hydrogen-bond donors (Lipinski definition) is 2. The minimum atomic E-state index is 0.587. The molecule has 0 radical (unpaired) electrons. The number of rotatable bonds is 7. The van der Waals surface area contributed by atoms with Crippen LogP contribution in [-0.4, -0.2) is 71.2 Å². The van der Waals surface area contributed by atoms with Crippen LogP contribution in [0.3, 0.4) is 0 Å². The Labute approximate surface area is 230 Å². The quantitative estimate of drug-likeness (QED) is 0.329. The molecule has 0 bridgehead atoms. The van der Waals surface area contributed by atoms with Crippen LogP contribution >= 0.6 is 0 Å². The lowest BCUT2D eigenvalue weighted by Gasteiger charge is -2.36. The molecule has 202 valence electrons. The minimum absolute atomic E-state index is 0.587. The molecule has 0 atom stereocenters. The molecule has 9 nitrogen and oxygen atoms in total. The largest absolute Gasteiger partial charge is 0.370 e. The zero-order valence-electron chi connectivity index (χ0n) is 22.8. The molecule has 2 fully saturated rings. The lowest BCUT2D eigenvalue weighted by Crippen LogP contribution is -2.42. The number of fused-ring (bicyclic) bond motifs is 1. The van der Waals surface area contributed by atoms with Gasteiger partial charge in [0.1, 0.15) is 17.5 Å². The SMILES string of the molecule is CN(C)C1CCN(c2ccc(Nc3cc4c(N5CCCCC5)nc(Nc5ccccc5)nc4cn3)nc2)CC1. The van der Waals surface area contributed by atoms with Gasteiger partial charge in [-0.1, -0.05) is 18.2 Å². The number of nitrogens with one attached hydrogen (secondary N) is 2. The van der Waals surface area contributed by atoms with E-state index in [4.69, 9.17) is 15.0 Å². The predicted octanol–water partition coefficient (Wildman–Crippen LogP) is 5.43. The third-order valence-electron chi connectivity index (χ3n) is 7.81. The van der Waals surface area contributed by atoms with Gasteiger partial charge in [-0.05, 0) is 76.5 Å². The molecule has 2 saturated heterocycles. The summed E-state index contributed by atoms with van der Waals surface area (Å²) in [5, 5.41) is 7.75. The third kappa shape index (κ3) is 5.88. The molecule has 0 amide bonds. The van der Waals surface area contributed by atoms with E-state index in [1.54, 1.807) is 0 Å². The normalized spacial score (nSPS) is 16.6. The second-order valence-corrected chi connectivity index (χ2v) is 10.7. The molecule has 0 aliphatic carbocycles. The molecule has 39 heavy (non-hydrogen) atoms. The Morgan fingerprint density at radius 2 is 1.54 bits per heavy atom. The molecule has 2 N–H and O–H groups in total. The summed E-state index contributed by atoms with van der Waals surface area (Å²) in [6, 6.07) is 16.9. The van der Waals surface area contributed by atoms with Crippen molar-refractivity contribution in [2.45, 2.75) is 38.1 Å². The van der Waals surface area contributed by atoms with Crippen molar-refractivity contribution in [2.24, 2.45) is 0 Å². The van der Waals surface area contributed by atoms with Crippen molar-refractivity contribution in [1.82, 2.24) is 24.8 Å². The van der Waals surface area contributed by atoms with Crippen LogP contribution < -0.4 is 20.4 Å². The highest BCUT2D eigenvalue weighted by molar-refractivity contribution is 5.92. The summed E-state index contributed by atoms with van der Waals surface area (Å²) in [7, 11) is 4.34. The summed E-state index contributed by atoms with van der Waals surface area (Å²) >= 11 is 0. The number of piperidine rings is 2. The highest BCUT2D eigenvalue weighted by Gasteiger charge is 2.21. The molecule has 2 aliphatic heterocycles. The second-order valence-electron chi connectivity index (χ2n) is 10.7. The van der Waals surface area contributed by atoms with Gasteiger partial charge in [-0.25, -0.2) is 15.0 Å². The number of para-hydroxylation sites is 1. The summed E-state index contributed by atoms with van der Waals surface area (Å²) in [5.41, 5.74) is 2.95. The monoisotopic (exact) mass is 523 g/mol. The summed E-state index contributed by atoms with van der Waals surface area (Å²) in [6.45, 7) is 4.11. The minimum Gasteiger partial charge on any atom is -0.370 e. The Bertz CT molecular complexity index is 1380. The molecule has 4 aromatic rings. The van der Waals surface area contributed by atoms with Gasteiger partial charge in [0.05, 0.1) is 23.6 Å². The fourth-order valence-corrected chi connectivity index (χ4v) is 5.56. The summed E-state index contributed by atoms with van der Waals surface area (Å²) in [4.78, 5) is 26.3. The lowest BCUT2D eigenvalue weighted by molar-refractivity contribution is 0.249. The number of hydrogen-bond acceptors (Lipinski definition) is 9. The Morgan fingerprint density at radius 3 is 2.26 bits per heavy atom. The average molecular weight is 524 g/mol. The van der Waals surface area contributed by atoms with Gasteiger partial charge in [0.15, 0.2) is 0 Å². The van der Waals surface area contributed by atoms with Gasteiger partial charge in [0.2, 0.25) is 5.95 Å². The zero-order valence-corrected chi connectivity index (χ0v) is 22.8. The van der Waals surface area contributed by atoms with Gasteiger partial charge < -0.3 is 25.3 Å². The standard InChI is InChI=1S/C30H37N9/c1-37(2)23-13-17-38(18-14-23)24-11-12-27(31-20-24)35-28-19-25-26(21-32-28)34-30(33-22-9-5-3-6-10-22)36-29(25)39-15-7-4-8-16-39/h3,5-6,9-12,19-21,23H,4,7-8,13-18H2,1-2H3,(H,31,32,35)(H,33,34,36). The predicted molar refractivity (Wildman–Crippen MR) is 160 cm³/mol. The van der Waals surface area contributed by atoms with Crippen LogP contribution in [-0.2, 0) is 0 Å². The van der Waals surface area contributed by atoms with Crippen molar-refractivity contribution in [3.05, 3.63) is 60.9 Å². The van der Waals surface area contributed by atoms with Crippen molar-refractivity contribution in [3.63, 3.8) is 0 Å². The maximum absolute atomic E-state index is 4.97. The lowest BCUT2D eigenvalue weighted by atomic mass is 10.0. The second kappa shape index (κ2) is 11.4. The van der Waals surface area contributed by atoms with E-state index in [0.717, 1.165) is 60.2 Å². The maximum Gasteiger partial charge on any atom is 0.229 e. The first-order chi connectivity index (χ1) is 19.1. The van der Waals surface area contributed by atoms with Crippen LogP contribution in [0.5, 0.6) is 0 Å². The molecule has 9 heteroatoms. The van der Waals surface area contributed by atoms with Crippen LogP contribution in [0.25, 0.3) is 10.9 Å². The third-order valence-corrected chi connectivity index (χ3v) is 7.81. The average Bonchev–Trinajstić information content (AvgIpc) is 2.98. The zero-order chi connectivity index (χ0) is 26.6. The summed E-state index contributed by atoms with van der Waals surface area (Å²) in [6.07, 6.45) is 9.75. The molecule has 2 aliphatic rings. The molecule has 3 aromatic heterocycles. The summed E-state index contributed by atoms with van der Waals surface area (Å²) in [5.74, 6) is 3.05. The van der Waals surface area contributed by atoms with Gasteiger partial charge in [-0.3, -0.25) is 0 Å².